The summed E-state index contributed by atoms with van der Waals surface area (Å²) >= 11 is 9.58. The van der Waals surface area contributed by atoms with Crippen LogP contribution >= 0.6 is 27.5 Å². The average Bonchev–Trinajstić information content (AvgIpc) is 3.14. The summed E-state index contributed by atoms with van der Waals surface area (Å²) in [4.78, 5) is 4.89. The molecular weight excluding hydrogens is 466 g/mol. The molecule has 1 N–H and O–H groups in total. The first-order valence-corrected chi connectivity index (χ1v) is 11.0. The number of nitrogens with zero attached hydrogens (tertiary/aromatic N) is 3. The van der Waals surface area contributed by atoms with Crippen LogP contribution in [0.15, 0.2) is 59.1 Å². The van der Waals surface area contributed by atoms with Crippen LogP contribution in [0.5, 0.6) is 5.75 Å². The number of aliphatic hydroxyl groups is 1. The molecule has 2 aromatic heterocycles. The smallest absolute Gasteiger partial charge is 0.167 e. The van der Waals surface area contributed by atoms with E-state index >= 15 is 0 Å². The Morgan fingerprint density at radius 1 is 1.10 bits per heavy atom. The number of halogens is 2. The number of hydrogen-bond acceptors (Lipinski definition) is 4. The van der Waals surface area contributed by atoms with Crippen LogP contribution in [0.4, 0.5) is 0 Å². The molecule has 0 fully saturated rings. The maximum absolute atomic E-state index is 9.40. The van der Waals surface area contributed by atoms with Crippen LogP contribution < -0.4 is 4.74 Å². The third-order valence-electron chi connectivity index (χ3n) is 4.87. The summed E-state index contributed by atoms with van der Waals surface area (Å²) in [5.74, 6) is 1.14. The molecule has 2 heterocycles. The largest absolute Gasteiger partial charge is 0.490 e. The number of aromatic nitrogens is 3. The Kier molecular flexibility index (Phi) is 6.37. The van der Waals surface area contributed by atoms with E-state index < -0.39 is 0 Å². The Hall–Kier alpha value is -2.41. The summed E-state index contributed by atoms with van der Waals surface area (Å²) in [5, 5.41) is 15.2. The van der Waals surface area contributed by atoms with Gasteiger partial charge in [-0.25, -0.2) is 9.67 Å². The summed E-state index contributed by atoms with van der Waals surface area (Å²) < 4.78 is 8.89. The molecule has 0 saturated carbocycles. The zero-order chi connectivity index (χ0) is 21.1. The highest BCUT2D eigenvalue weighted by molar-refractivity contribution is 9.10. The number of aliphatic hydroxyl groups excluding tert-OH is 1. The third kappa shape index (κ3) is 3.95. The van der Waals surface area contributed by atoms with Gasteiger partial charge in [0, 0.05) is 27.2 Å². The summed E-state index contributed by atoms with van der Waals surface area (Å²) in [5.41, 5.74) is 5.14. The fourth-order valence-electron chi connectivity index (χ4n) is 3.52. The predicted octanol–water partition coefficient (Wildman–Crippen LogP) is 5.31. The van der Waals surface area contributed by atoms with Crippen molar-refractivity contribution in [1.82, 2.24) is 14.8 Å². The molecule has 0 spiro atoms. The Morgan fingerprint density at radius 3 is 2.50 bits per heavy atom. The second-order valence-electron chi connectivity index (χ2n) is 6.82. The van der Waals surface area contributed by atoms with Gasteiger partial charge in [-0.3, -0.25) is 0 Å². The van der Waals surface area contributed by atoms with Crippen molar-refractivity contribution in [2.75, 3.05) is 19.1 Å². The van der Waals surface area contributed by atoms with Crippen molar-refractivity contribution in [2.24, 2.45) is 0 Å². The van der Waals surface area contributed by atoms with E-state index in [2.05, 4.69) is 15.9 Å². The van der Waals surface area contributed by atoms with E-state index in [0.717, 1.165) is 38.1 Å². The van der Waals surface area contributed by atoms with Crippen LogP contribution in [-0.4, -0.2) is 39.0 Å². The topological polar surface area (TPSA) is 60.2 Å². The minimum atomic E-state index is -0.0797. The Labute approximate surface area is 188 Å². The molecule has 0 aliphatic rings. The van der Waals surface area contributed by atoms with Gasteiger partial charge in [-0.1, -0.05) is 46.3 Å². The normalized spacial score (nSPS) is 11.2. The van der Waals surface area contributed by atoms with Crippen LogP contribution in [0.2, 0.25) is 0 Å². The second kappa shape index (κ2) is 9.16. The summed E-state index contributed by atoms with van der Waals surface area (Å²) in [6.07, 6.45) is 0.618. The zero-order valence-corrected chi connectivity index (χ0v) is 18.8. The van der Waals surface area contributed by atoms with Gasteiger partial charge in [-0.2, -0.15) is 5.10 Å². The number of hydrogen-bond donors (Lipinski definition) is 1. The fourth-order valence-corrected chi connectivity index (χ4v) is 3.97. The number of para-hydroxylation sites is 1. The molecular formula is C23H21BrClN3O2. The van der Waals surface area contributed by atoms with Crippen LogP contribution in [0.1, 0.15) is 11.3 Å². The van der Waals surface area contributed by atoms with Gasteiger partial charge in [0.1, 0.15) is 18.1 Å². The van der Waals surface area contributed by atoms with E-state index in [1.165, 1.54) is 0 Å². The highest BCUT2D eigenvalue weighted by Gasteiger charge is 2.23. The van der Waals surface area contributed by atoms with Gasteiger partial charge in [0.25, 0.3) is 0 Å². The molecule has 7 heteroatoms. The number of fused-ring (bicyclic) bond motifs is 1. The molecule has 0 aliphatic heterocycles. The maximum atomic E-state index is 9.40. The summed E-state index contributed by atoms with van der Waals surface area (Å²) in [6.45, 7) is 2.06. The van der Waals surface area contributed by atoms with Crippen molar-refractivity contribution in [2.45, 2.75) is 13.3 Å². The molecule has 154 valence electrons. The number of benzene rings is 2. The lowest BCUT2D eigenvalue weighted by atomic mass is 10.0. The molecule has 0 bridgehead atoms. The molecule has 5 nitrogen and oxygen atoms in total. The van der Waals surface area contributed by atoms with E-state index in [1.54, 1.807) is 0 Å². The van der Waals surface area contributed by atoms with Crippen molar-refractivity contribution < 1.29 is 9.84 Å². The third-order valence-corrected chi connectivity index (χ3v) is 5.59. The van der Waals surface area contributed by atoms with Gasteiger partial charge in [-0.05, 0) is 37.6 Å². The molecule has 0 radical (unpaired) electrons. The van der Waals surface area contributed by atoms with Gasteiger partial charge in [0.15, 0.2) is 5.65 Å². The molecule has 0 unspecified atom stereocenters. The van der Waals surface area contributed by atoms with Crippen molar-refractivity contribution in [3.8, 4) is 22.7 Å². The Balaban J connectivity index is 2.07. The van der Waals surface area contributed by atoms with Crippen LogP contribution in [0.3, 0.4) is 0 Å². The maximum Gasteiger partial charge on any atom is 0.167 e. The first-order valence-electron chi connectivity index (χ1n) is 9.67. The van der Waals surface area contributed by atoms with E-state index in [4.69, 9.17) is 26.4 Å². The lowest BCUT2D eigenvalue weighted by Crippen LogP contribution is -2.08. The zero-order valence-electron chi connectivity index (χ0n) is 16.5. The number of aryl methyl sites for hydroxylation is 1. The van der Waals surface area contributed by atoms with Crippen molar-refractivity contribution in [3.05, 3.63) is 70.3 Å². The molecule has 30 heavy (non-hydrogen) atoms. The minimum absolute atomic E-state index is 0.0797. The van der Waals surface area contributed by atoms with Gasteiger partial charge >= 0.3 is 0 Å². The molecule has 0 aliphatic carbocycles. The fraction of sp³-hybridized carbons (Fsp3) is 0.217. The van der Waals surface area contributed by atoms with E-state index in [0.29, 0.717) is 23.7 Å². The summed E-state index contributed by atoms with van der Waals surface area (Å²) in [7, 11) is 0. The van der Waals surface area contributed by atoms with Crippen LogP contribution in [0.25, 0.3) is 28.0 Å². The molecule has 0 saturated heterocycles. The van der Waals surface area contributed by atoms with Crippen molar-refractivity contribution in [3.63, 3.8) is 0 Å². The predicted molar refractivity (Wildman–Crippen MR) is 124 cm³/mol. The van der Waals surface area contributed by atoms with Crippen molar-refractivity contribution >= 4 is 38.6 Å². The van der Waals surface area contributed by atoms with Gasteiger partial charge in [0.2, 0.25) is 0 Å². The second-order valence-corrected chi connectivity index (χ2v) is 8.11. The number of alkyl halides is 1. The average molecular weight is 487 g/mol. The lowest BCUT2D eigenvalue weighted by Gasteiger charge is -2.15. The molecule has 4 rings (SSSR count). The standard InChI is InChI=1S/C23H21BrClN3O2/c1-15-19(11-12-25)22(30-14-13-29)20-21(16-7-9-17(24)10-8-16)27-28(23(20)26-15)18-5-3-2-4-6-18/h2-10,29H,11-14H2,1H3. The molecule has 0 amide bonds. The van der Waals surface area contributed by atoms with Gasteiger partial charge < -0.3 is 9.84 Å². The monoisotopic (exact) mass is 485 g/mol. The number of rotatable bonds is 7. The first kappa shape index (κ1) is 20.8. The first-order chi connectivity index (χ1) is 14.6. The van der Waals surface area contributed by atoms with Crippen LogP contribution in [0, 0.1) is 6.92 Å². The van der Waals surface area contributed by atoms with E-state index in [-0.39, 0.29) is 13.2 Å². The van der Waals surface area contributed by atoms with Crippen LogP contribution in [-0.2, 0) is 6.42 Å². The quantitative estimate of drug-likeness (QED) is 0.360. The summed E-state index contributed by atoms with van der Waals surface area (Å²) in [6, 6.07) is 17.9. The Bertz CT molecular complexity index is 1160. The Morgan fingerprint density at radius 2 is 1.83 bits per heavy atom. The molecule has 0 atom stereocenters. The lowest BCUT2D eigenvalue weighted by molar-refractivity contribution is 0.201. The highest BCUT2D eigenvalue weighted by atomic mass is 79.9. The molecule has 2 aromatic carbocycles. The SMILES string of the molecule is Cc1nc2c(c(-c3ccc(Br)cc3)nn2-c2ccccc2)c(OCCO)c1CCCl. The molecule has 4 aromatic rings. The number of pyridine rings is 1. The van der Waals surface area contributed by atoms with Gasteiger partial charge in [-0.15, -0.1) is 11.6 Å². The van der Waals surface area contributed by atoms with Gasteiger partial charge in [0.05, 0.1) is 17.7 Å². The highest BCUT2D eigenvalue weighted by Crippen LogP contribution is 2.39. The van der Waals surface area contributed by atoms with E-state index in [9.17, 15) is 5.11 Å². The number of ether oxygens (including phenoxy) is 1. The van der Waals surface area contributed by atoms with Crippen molar-refractivity contribution in [1.29, 1.82) is 0 Å². The minimum Gasteiger partial charge on any atom is -0.490 e. The van der Waals surface area contributed by atoms with E-state index in [1.807, 2.05) is 66.2 Å².